The summed E-state index contributed by atoms with van der Waals surface area (Å²) in [7, 11) is 0. The van der Waals surface area contributed by atoms with Crippen molar-refractivity contribution >= 4 is 29.8 Å². The fraction of sp³-hybridized carbons (Fsp3) is 0.136. The number of carbonyl (C=O) groups excluding carboxylic acids is 3. The molecule has 3 rings (SSSR count). The minimum atomic E-state index is -0.735. The molecule has 0 saturated carbocycles. The molecule has 7 heteroatoms. The van der Waals surface area contributed by atoms with Gasteiger partial charge in [0.25, 0.3) is 5.91 Å². The first-order valence-corrected chi connectivity index (χ1v) is 9.22. The van der Waals surface area contributed by atoms with E-state index in [-0.39, 0.29) is 22.4 Å². The van der Waals surface area contributed by atoms with E-state index >= 15 is 0 Å². The Morgan fingerprint density at radius 1 is 1.14 bits per heavy atom. The summed E-state index contributed by atoms with van der Waals surface area (Å²) in [5, 5.41) is 2.95. The minimum Gasteiger partial charge on any atom is -0.453 e. The molecule has 1 aromatic heterocycles. The molecule has 1 heterocycles. The van der Waals surface area contributed by atoms with Crippen molar-refractivity contribution in [1.82, 2.24) is 5.32 Å². The van der Waals surface area contributed by atoms with E-state index in [2.05, 4.69) is 5.32 Å². The van der Waals surface area contributed by atoms with Gasteiger partial charge in [0.1, 0.15) is 5.76 Å². The van der Waals surface area contributed by atoms with E-state index in [4.69, 9.17) is 20.8 Å². The second kappa shape index (κ2) is 9.21. The second-order valence-corrected chi connectivity index (χ2v) is 6.70. The molecule has 0 unspecified atom stereocenters. The monoisotopic (exact) mass is 411 g/mol. The highest BCUT2D eigenvalue weighted by molar-refractivity contribution is 6.33. The summed E-state index contributed by atoms with van der Waals surface area (Å²) in [6.45, 7) is 1.40. The third-order valence-corrected chi connectivity index (χ3v) is 4.55. The molecule has 0 bridgehead atoms. The molecule has 0 aliphatic carbocycles. The number of ether oxygens (including phenoxy) is 1. The molecule has 2 aromatic carbocycles. The number of esters is 1. The minimum absolute atomic E-state index is 0.0946. The molecular formula is C22H18ClNO5. The maximum absolute atomic E-state index is 12.4. The normalized spacial score (nSPS) is 11.5. The predicted octanol–water partition coefficient (Wildman–Crippen LogP) is 4.45. The summed E-state index contributed by atoms with van der Waals surface area (Å²) >= 11 is 6.10. The van der Waals surface area contributed by atoms with Gasteiger partial charge >= 0.3 is 5.97 Å². The van der Waals surface area contributed by atoms with Gasteiger partial charge < -0.3 is 14.5 Å². The van der Waals surface area contributed by atoms with Crippen LogP contribution in [0.3, 0.4) is 0 Å². The smallest absolute Gasteiger partial charge is 0.340 e. The lowest BCUT2D eigenvalue weighted by molar-refractivity contribution is -0.124. The first-order valence-electron chi connectivity index (χ1n) is 8.84. The quantitative estimate of drug-likeness (QED) is 0.458. The fourth-order valence-corrected chi connectivity index (χ4v) is 2.92. The predicted molar refractivity (Wildman–Crippen MR) is 108 cm³/mol. The van der Waals surface area contributed by atoms with E-state index < -0.39 is 18.5 Å². The Kier molecular flexibility index (Phi) is 6.46. The van der Waals surface area contributed by atoms with E-state index in [0.717, 1.165) is 5.56 Å². The van der Waals surface area contributed by atoms with Crippen molar-refractivity contribution in [3.05, 3.63) is 82.6 Å². The Hall–Kier alpha value is -3.38. The topological polar surface area (TPSA) is 85.6 Å². The Labute approximate surface area is 172 Å². The van der Waals surface area contributed by atoms with Gasteiger partial charge in [-0.15, -0.1) is 0 Å². The molecule has 0 spiro atoms. The molecule has 148 valence electrons. The zero-order valence-electron chi connectivity index (χ0n) is 15.6. The van der Waals surface area contributed by atoms with Crippen molar-refractivity contribution in [3.8, 4) is 11.3 Å². The number of benzene rings is 2. The third-order valence-electron chi connectivity index (χ3n) is 4.23. The molecule has 0 radical (unpaired) electrons. The van der Waals surface area contributed by atoms with Crippen LogP contribution in [0.2, 0.25) is 5.02 Å². The highest BCUT2D eigenvalue weighted by atomic mass is 35.5. The molecule has 0 fully saturated rings. The van der Waals surface area contributed by atoms with Crippen molar-refractivity contribution in [3.63, 3.8) is 0 Å². The van der Waals surface area contributed by atoms with E-state index in [0.29, 0.717) is 17.6 Å². The standard InChI is InChI=1S/C22H18ClNO5/c1-14(15-5-3-2-4-6-15)24-21(26)13-28-22(27)18-11-16(7-9-19(18)23)20-10-8-17(12-25)29-20/h2-12,14H,13H2,1H3,(H,24,26)/t14-/m1/s1. The largest absolute Gasteiger partial charge is 0.453 e. The zero-order valence-corrected chi connectivity index (χ0v) is 16.3. The van der Waals surface area contributed by atoms with Crippen LogP contribution in [0.1, 0.15) is 39.4 Å². The number of amides is 1. The summed E-state index contributed by atoms with van der Waals surface area (Å²) in [5.74, 6) is -0.583. The second-order valence-electron chi connectivity index (χ2n) is 6.29. The van der Waals surface area contributed by atoms with Gasteiger partial charge in [-0.3, -0.25) is 9.59 Å². The molecule has 6 nitrogen and oxygen atoms in total. The Morgan fingerprint density at radius 3 is 2.59 bits per heavy atom. The van der Waals surface area contributed by atoms with Crippen LogP contribution < -0.4 is 5.32 Å². The van der Waals surface area contributed by atoms with Crippen LogP contribution in [0.5, 0.6) is 0 Å². The lowest BCUT2D eigenvalue weighted by atomic mass is 10.1. The van der Waals surface area contributed by atoms with Crippen LogP contribution in [-0.4, -0.2) is 24.8 Å². The van der Waals surface area contributed by atoms with E-state index in [1.54, 1.807) is 12.1 Å². The molecule has 0 saturated heterocycles. The van der Waals surface area contributed by atoms with Gasteiger partial charge in [0.05, 0.1) is 16.6 Å². The van der Waals surface area contributed by atoms with Crippen LogP contribution in [-0.2, 0) is 9.53 Å². The number of carbonyl (C=O) groups is 3. The van der Waals surface area contributed by atoms with E-state index in [1.165, 1.54) is 18.2 Å². The molecule has 0 aliphatic heterocycles. The molecule has 1 N–H and O–H groups in total. The van der Waals surface area contributed by atoms with Gasteiger partial charge in [0.2, 0.25) is 0 Å². The van der Waals surface area contributed by atoms with Crippen molar-refractivity contribution in [1.29, 1.82) is 0 Å². The average Bonchev–Trinajstić information content (AvgIpc) is 3.22. The number of aldehydes is 1. The number of furan rings is 1. The van der Waals surface area contributed by atoms with Gasteiger partial charge in [-0.05, 0) is 42.8 Å². The number of rotatable bonds is 7. The van der Waals surface area contributed by atoms with Crippen molar-refractivity contribution < 1.29 is 23.5 Å². The van der Waals surface area contributed by atoms with Crippen molar-refractivity contribution in [2.45, 2.75) is 13.0 Å². The molecule has 3 aromatic rings. The fourth-order valence-electron chi connectivity index (χ4n) is 2.72. The highest BCUT2D eigenvalue weighted by Crippen LogP contribution is 2.27. The van der Waals surface area contributed by atoms with Gasteiger partial charge in [-0.1, -0.05) is 41.9 Å². The van der Waals surface area contributed by atoms with Crippen LogP contribution in [0, 0.1) is 0 Å². The first kappa shape index (κ1) is 20.4. The molecule has 1 atom stereocenters. The lowest BCUT2D eigenvalue weighted by Crippen LogP contribution is -2.31. The van der Waals surface area contributed by atoms with Crippen LogP contribution >= 0.6 is 11.6 Å². The van der Waals surface area contributed by atoms with Gasteiger partial charge in [0.15, 0.2) is 18.7 Å². The Bertz CT molecular complexity index is 1030. The zero-order chi connectivity index (χ0) is 20.8. The maximum Gasteiger partial charge on any atom is 0.340 e. The summed E-state index contributed by atoms with van der Waals surface area (Å²) in [4.78, 5) is 35.3. The molecule has 0 aliphatic rings. The van der Waals surface area contributed by atoms with Crippen molar-refractivity contribution in [2.24, 2.45) is 0 Å². The molecule has 29 heavy (non-hydrogen) atoms. The number of nitrogens with one attached hydrogen (secondary N) is 1. The highest BCUT2D eigenvalue weighted by Gasteiger charge is 2.17. The lowest BCUT2D eigenvalue weighted by Gasteiger charge is -2.14. The molecule has 1 amide bonds. The maximum atomic E-state index is 12.4. The number of halogens is 1. The van der Waals surface area contributed by atoms with Gasteiger partial charge in [-0.25, -0.2) is 4.79 Å². The first-order chi connectivity index (χ1) is 14.0. The molecular weight excluding hydrogens is 394 g/mol. The summed E-state index contributed by atoms with van der Waals surface area (Å²) in [6, 6.07) is 17.0. The summed E-state index contributed by atoms with van der Waals surface area (Å²) in [6.07, 6.45) is 0.587. The number of hydrogen-bond acceptors (Lipinski definition) is 5. The van der Waals surface area contributed by atoms with E-state index in [1.807, 2.05) is 37.3 Å². The van der Waals surface area contributed by atoms with Gasteiger partial charge in [-0.2, -0.15) is 0 Å². The van der Waals surface area contributed by atoms with Gasteiger partial charge in [0, 0.05) is 5.56 Å². The number of hydrogen-bond donors (Lipinski definition) is 1. The summed E-state index contributed by atoms with van der Waals surface area (Å²) in [5.41, 5.74) is 1.59. The average molecular weight is 412 g/mol. The Balaban J connectivity index is 1.63. The third kappa shape index (κ3) is 5.12. The van der Waals surface area contributed by atoms with Crippen molar-refractivity contribution in [2.75, 3.05) is 6.61 Å². The SMILES string of the molecule is C[C@@H](NC(=O)COC(=O)c1cc(-c2ccc(C=O)o2)ccc1Cl)c1ccccc1. The Morgan fingerprint density at radius 2 is 1.90 bits per heavy atom. The van der Waals surface area contributed by atoms with Crippen LogP contribution in [0.25, 0.3) is 11.3 Å². The van der Waals surface area contributed by atoms with Crippen LogP contribution in [0.4, 0.5) is 0 Å². The summed E-state index contributed by atoms with van der Waals surface area (Å²) < 4.78 is 10.5. The van der Waals surface area contributed by atoms with Crippen LogP contribution in [0.15, 0.2) is 65.1 Å². The van der Waals surface area contributed by atoms with E-state index in [9.17, 15) is 14.4 Å².